The van der Waals surface area contributed by atoms with Crippen LogP contribution in [-0.2, 0) is 4.79 Å². The Morgan fingerprint density at radius 3 is 2.82 bits per heavy atom. The van der Waals surface area contributed by atoms with Crippen LogP contribution in [0.5, 0.6) is 0 Å². The van der Waals surface area contributed by atoms with E-state index in [0.717, 1.165) is 25.9 Å². The van der Waals surface area contributed by atoms with Gasteiger partial charge in [0.05, 0.1) is 6.10 Å². The third-order valence-electron chi connectivity index (χ3n) is 2.61. The number of carbonyl (C=O) groups is 1. The lowest BCUT2D eigenvalue weighted by molar-refractivity contribution is -0.117. The molecule has 98 valence electrons. The normalized spacial score (nSPS) is 22.9. The van der Waals surface area contributed by atoms with Gasteiger partial charge in [-0.25, -0.2) is 0 Å². The Hall–Kier alpha value is -0.870. The predicted octanol–water partition coefficient (Wildman–Crippen LogP) is 0.914. The Morgan fingerprint density at radius 2 is 2.24 bits per heavy atom. The molecule has 0 aromatic heterocycles. The first-order chi connectivity index (χ1) is 7.87. The molecule has 0 aromatic carbocycles. The maximum Gasteiger partial charge on any atom is 0.244 e. The molecule has 1 rings (SSSR count). The molecule has 0 saturated carbocycles. The lowest BCUT2D eigenvalue weighted by Crippen LogP contribution is -2.40. The van der Waals surface area contributed by atoms with Crippen LogP contribution in [0.4, 0.5) is 0 Å². The number of carbonyl (C=O) groups excluding carboxylic acids is 1. The summed E-state index contributed by atoms with van der Waals surface area (Å²) < 4.78 is 0. The number of amides is 1. The van der Waals surface area contributed by atoms with E-state index in [1.807, 2.05) is 26.8 Å². The summed E-state index contributed by atoms with van der Waals surface area (Å²) in [5, 5.41) is 12.4. The molecule has 1 fully saturated rings. The first-order valence-electron chi connectivity index (χ1n) is 6.26. The highest BCUT2D eigenvalue weighted by atomic mass is 16.3. The minimum atomic E-state index is -0.208. The minimum absolute atomic E-state index is 0.0601. The zero-order valence-electron chi connectivity index (χ0n) is 11.1. The number of hydrogen-bond donors (Lipinski definition) is 2. The molecule has 1 amide bonds. The van der Waals surface area contributed by atoms with Crippen molar-refractivity contribution in [2.45, 2.75) is 45.3 Å². The van der Waals surface area contributed by atoms with Gasteiger partial charge in [-0.2, -0.15) is 0 Å². The number of aliphatic hydroxyl groups is 1. The molecule has 17 heavy (non-hydrogen) atoms. The monoisotopic (exact) mass is 240 g/mol. The predicted molar refractivity (Wildman–Crippen MR) is 68.7 cm³/mol. The second-order valence-corrected chi connectivity index (χ2v) is 5.70. The van der Waals surface area contributed by atoms with Gasteiger partial charge in [-0.3, -0.25) is 9.69 Å². The quantitative estimate of drug-likeness (QED) is 0.721. The first kappa shape index (κ1) is 14.2. The van der Waals surface area contributed by atoms with E-state index in [1.54, 1.807) is 6.08 Å². The fourth-order valence-electron chi connectivity index (χ4n) is 1.92. The van der Waals surface area contributed by atoms with Crippen LogP contribution in [0, 0.1) is 0 Å². The number of piperidine rings is 1. The summed E-state index contributed by atoms with van der Waals surface area (Å²) in [4.78, 5) is 13.7. The van der Waals surface area contributed by atoms with E-state index < -0.39 is 0 Å². The van der Waals surface area contributed by atoms with E-state index in [9.17, 15) is 9.90 Å². The average Bonchev–Trinajstić information content (AvgIpc) is 2.14. The Labute approximate surface area is 104 Å². The summed E-state index contributed by atoms with van der Waals surface area (Å²) in [6, 6.07) is 0. The fraction of sp³-hybridized carbons (Fsp3) is 0.769. The van der Waals surface area contributed by atoms with Crippen LogP contribution < -0.4 is 5.32 Å². The lowest BCUT2D eigenvalue weighted by Gasteiger charge is -2.28. The standard InChI is InChI=1S/C13H24N2O2/c1-13(2,3)14-12(17)7-5-9-15-8-4-6-11(16)10-15/h5,7,11,16H,4,6,8-10H2,1-3H3,(H,14,17)/b7-5+. The smallest absolute Gasteiger partial charge is 0.244 e. The molecule has 1 unspecified atom stereocenters. The van der Waals surface area contributed by atoms with Crippen molar-refractivity contribution in [2.75, 3.05) is 19.6 Å². The van der Waals surface area contributed by atoms with Gasteiger partial charge in [-0.15, -0.1) is 0 Å². The molecule has 1 atom stereocenters. The number of β-amino-alcohol motifs (C(OH)–C–C–N with tert-alkyl or cyclic N) is 1. The van der Waals surface area contributed by atoms with Crippen LogP contribution in [-0.4, -0.2) is 47.2 Å². The van der Waals surface area contributed by atoms with Gasteiger partial charge >= 0.3 is 0 Å². The van der Waals surface area contributed by atoms with Gasteiger partial charge in [0.2, 0.25) is 5.91 Å². The van der Waals surface area contributed by atoms with Gasteiger partial charge in [-0.1, -0.05) is 6.08 Å². The Bertz CT molecular complexity index is 282. The number of hydrogen-bond acceptors (Lipinski definition) is 3. The second kappa shape index (κ2) is 6.17. The summed E-state index contributed by atoms with van der Waals surface area (Å²) in [5.41, 5.74) is -0.192. The maximum atomic E-state index is 11.5. The molecule has 1 aliphatic heterocycles. The number of likely N-dealkylation sites (tertiary alicyclic amines) is 1. The van der Waals surface area contributed by atoms with Crippen molar-refractivity contribution in [3.05, 3.63) is 12.2 Å². The molecule has 0 bridgehead atoms. The molecule has 0 aromatic rings. The van der Waals surface area contributed by atoms with E-state index in [4.69, 9.17) is 0 Å². The van der Waals surface area contributed by atoms with Crippen LogP contribution in [0.2, 0.25) is 0 Å². The molecule has 1 aliphatic rings. The van der Waals surface area contributed by atoms with Crippen molar-refractivity contribution in [3.8, 4) is 0 Å². The molecule has 4 heteroatoms. The third-order valence-corrected chi connectivity index (χ3v) is 2.61. The maximum absolute atomic E-state index is 11.5. The summed E-state index contributed by atoms with van der Waals surface area (Å²) in [7, 11) is 0. The molecule has 1 heterocycles. The van der Waals surface area contributed by atoms with Crippen LogP contribution in [0.1, 0.15) is 33.6 Å². The highest BCUT2D eigenvalue weighted by Gasteiger charge is 2.16. The zero-order chi connectivity index (χ0) is 12.9. The van der Waals surface area contributed by atoms with E-state index in [-0.39, 0.29) is 17.6 Å². The van der Waals surface area contributed by atoms with Gasteiger partial charge < -0.3 is 10.4 Å². The van der Waals surface area contributed by atoms with Crippen LogP contribution >= 0.6 is 0 Å². The number of aliphatic hydroxyl groups excluding tert-OH is 1. The summed E-state index contributed by atoms with van der Waals surface area (Å²) in [5.74, 6) is -0.0601. The summed E-state index contributed by atoms with van der Waals surface area (Å²) in [6.45, 7) is 8.32. The fourth-order valence-corrected chi connectivity index (χ4v) is 1.92. The SMILES string of the molecule is CC(C)(C)NC(=O)/C=C/CN1CCCC(O)C1. The number of nitrogens with zero attached hydrogens (tertiary/aromatic N) is 1. The molecule has 0 spiro atoms. The number of nitrogens with one attached hydrogen (secondary N) is 1. The van der Waals surface area contributed by atoms with Crippen molar-refractivity contribution >= 4 is 5.91 Å². The average molecular weight is 240 g/mol. The zero-order valence-corrected chi connectivity index (χ0v) is 11.1. The molecule has 2 N–H and O–H groups in total. The number of rotatable bonds is 3. The minimum Gasteiger partial charge on any atom is -0.392 e. The third kappa shape index (κ3) is 6.44. The van der Waals surface area contributed by atoms with E-state index in [2.05, 4.69) is 10.2 Å². The van der Waals surface area contributed by atoms with E-state index in [1.165, 1.54) is 0 Å². The van der Waals surface area contributed by atoms with Crippen molar-refractivity contribution in [3.63, 3.8) is 0 Å². The van der Waals surface area contributed by atoms with Crippen molar-refractivity contribution in [1.29, 1.82) is 0 Å². The molecule has 0 aliphatic carbocycles. The molecule has 4 nitrogen and oxygen atoms in total. The Kier molecular flexibility index (Phi) is 5.15. The van der Waals surface area contributed by atoms with Gasteiger partial charge in [0.1, 0.15) is 0 Å². The highest BCUT2D eigenvalue weighted by Crippen LogP contribution is 2.09. The van der Waals surface area contributed by atoms with Gasteiger partial charge in [0.25, 0.3) is 0 Å². The van der Waals surface area contributed by atoms with Crippen LogP contribution in [0.15, 0.2) is 12.2 Å². The summed E-state index contributed by atoms with van der Waals surface area (Å²) >= 11 is 0. The van der Waals surface area contributed by atoms with E-state index in [0.29, 0.717) is 6.54 Å². The van der Waals surface area contributed by atoms with Gasteiger partial charge in [-0.05, 0) is 40.2 Å². The Morgan fingerprint density at radius 1 is 1.53 bits per heavy atom. The Balaban J connectivity index is 2.27. The molecule has 0 radical (unpaired) electrons. The lowest BCUT2D eigenvalue weighted by atomic mass is 10.1. The molecular weight excluding hydrogens is 216 g/mol. The van der Waals surface area contributed by atoms with Crippen molar-refractivity contribution < 1.29 is 9.90 Å². The van der Waals surface area contributed by atoms with Crippen molar-refractivity contribution in [2.24, 2.45) is 0 Å². The van der Waals surface area contributed by atoms with Gasteiger partial charge in [0.15, 0.2) is 0 Å². The summed E-state index contributed by atoms with van der Waals surface area (Å²) in [6.07, 6.45) is 5.15. The largest absolute Gasteiger partial charge is 0.392 e. The van der Waals surface area contributed by atoms with Crippen LogP contribution in [0.25, 0.3) is 0 Å². The van der Waals surface area contributed by atoms with Crippen molar-refractivity contribution in [1.82, 2.24) is 10.2 Å². The topological polar surface area (TPSA) is 52.6 Å². The van der Waals surface area contributed by atoms with Gasteiger partial charge in [0, 0.05) is 24.7 Å². The first-order valence-corrected chi connectivity index (χ1v) is 6.26. The van der Waals surface area contributed by atoms with E-state index >= 15 is 0 Å². The molecular formula is C13H24N2O2. The van der Waals surface area contributed by atoms with Crippen LogP contribution in [0.3, 0.4) is 0 Å². The molecule has 1 saturated heterocycles. The second-order valence-electron chi connectivity index (χ2n) is 5.70. The highest BCUT2D eigenvalue weighted by molar-refractivity contribution is 5.87.